The second kappa shape index (κ2) is 6.06. The summed E-state index contributed by atoms with van der Waals surface area (Å²) < 4.78 is 0. The number of allylic oxidation sites excluding steroid dienone is 4. The quantitative estimate of drug-likeness (QED) is 0.551. The maximum Gasteiger partial charge on any atom is 0.0909 e. The number of nitrogens with zero attached hydrogens (tertiary/aromatic N) is 1. The van der Waals surface area contributed by atoms with E-state index in [9.17, 15) is 0 Å². The Kier molecular flexibility index (Phi) is 4.72. The molecule has 1 aromatic rings. The van der Waals surface area contributed by atoms with Crippen LogP contribution in [-0.2, 0) is 5.41 Å². The van der Waals surface area contributed by atoms with Crippen molar-refractivity contribution in [1.82, 2.24) is 0 Å². The molecule has 0 spiro atoms. The molecule has 0 bridgehead atoms. The van der Waals surface area contributed by atoms with Gasteiger partial charge in [0.2, 0.25) is 0 Å². The second-order valence-electron chi connectivity index (χ2n) is 4.73. The van der Waals surface area contributed by atoms with Gasteiger partial charge in [0.1, 0.15) is 0 Å². The van der Waals surface area contributed by atoms with Gasteiger partial charge in [0.15, 0.2) is 0 Å². The van der Waals surface area contributed by atoms with Crippen LogP contribution >= 0.6 is 0 Å². The van der Waals surface area contributed by atoms with Crippen LogP contribution in [0.15, 0.2) is 54.1 Å². The summed E-state index contributed by atoms with van der Waals surface area (Å²) in [6.07, 6.45) is 6.69. The average Bonchev–Trinajstić information content (AvgIpc) is 2.35. The smallest absolute Gasteiger partial charge is 0.0909 e. The molecular formula is C16H19N. The standard InChI is InChI=1S/C16H19N/c1-14(2)10-12-16(3,11-7-13-17)15-8-5-4-6-9-15/h4-11H,12H2,1-3H3/b11-7-. The predicted molar refractivity (Wildman–Crippen MR) is 72.6 cm³/mol. The molecule has 1 nitrogen and oxygen atoms in total. The third kappa shape index (κ3) is 3.92. The van der Waals surface area contributed by atoms with E-state index >= 15 is 0 Å². The van der Waals surface area contributed by atoms with Crippen LogP contribution in [0.1, 0.15) is 32.8 Å². The molecule has 0 amide bonds. The van der Waals surface area contributed by atoms with E-state index in [0.29, 0.717) is 0 Å². The molecule has 0 fully saturated rings. The van der Waals surface area contributed by atoms with Gasteiger partial charge in [-0.05, 0) is 25.8 Å². The van der Waals surface area contributed by atoms with Gasteiger partial charge in [0.05, 0.1) is 6.07 Å². The molecule has 88 valence electrons. The van der Waals surface area contributed by atoms with Crippen LogP contribution in [0.3, 0.4) is 0 Å². The summed E-state index contributed by atoms with van der Waals surface area (Å²) in [6, 6.07) is 12.4. The molecule has 0 saturated carbocycles. The van der Waals surface area contributed by atoms with Crippen LogP contribution in [-0.4, -0.2) is 0 Å². The topological polar surface area (TPSA) is 23.8 Å². The molecule has 0 aliphatic carbocycles. The molecule has 0 radical (unpaired) electrons. The molecule has 0 N–H and O–H groups in total. The van der Waals surface area contributed by atoms with Crippen molar-refractivity contribution in [3.8, 4) is 6.07 Å². The molecule has 17 heavy (non-hydrogen) atoms. The van der Waals surface area contributed by atoms with Crippen LogP contribution in [0.2, 0.25) is 0 Å². The highest BCUT2D eigenvalue weighted by molar-refractivity contribution is 5.32. The van der Waals surface area contributed by atoms with E-state index in [4.69, 9.17) is 5.26 Å². The molecule has 1 unspecified atom stereocenters. The lowest BCUT2D eigenvalue weighted by Crippen LogP contribution is -2.18. The zero-order valence-electron chi connectivity index (χ0n) is 10.8. The SMILES string of the molecule is CC(C)=CCC(C)(/C=C\C#N)c1ccccc1. The molecule has 1 heteroatoms. The molecule has 1 aromatic carbocycles. The zero-order valence-corrected chi connectivity index (χ0v) is 10.8. The normalized spacial score (nSPS) is 14.0. The maximum absolute atomic E-state index is 8.70. The maximum atomic E-state index is 8.70. The summed E-state index contributed by atoms with van der Waals surface area (Å²) in [5.74, 6) is 0. The number of benzene rings is 1. The van der Waals surface area contributed by atoms with E-state index in [1.54, 1.807) is 6.08 Å². The van der Waals surface area contributed by atoms with Crippen molar-refractivity contribution in [2.45, 2.75) is 32.6 Å². The molecule has 0 saturated heterocycles. The number of rotatable bonds is 4. The van der Waals surface area contributed by atoms with Crippen LogP contribution in [0.5, 0.6) is 0 Å². The fraction of sp³-hybridized carbons (Fsp3) is 0.312. The Hall–Kier alpha value is -1.81. The summed E-state index contributed by atoms with van der Waals surface area (Å²) in [6.45, 7) is 6.36. The minimum absolute atomic E-state index is 0.103. The van der Waals surface area contributed by atoms with Gasteiger partial charge in [-0.3, -0.25) is 0 Å². The van der Waals surface area contributed by atoms with E-state index in [0.717, 1.165) is 6.42 Å². The highest BCUT2D eigenvalue weighted by atomic mass is 14.3. The lowest BCUT2D eigenvalue weighted by molar-refractivity contribution is 0.603. The minimum atomic E-state index is -0.103. The number of hydrogen-bond donors (Lipinski definition) is 0. The first-order valence-corrected chi connectivity index (χ1v) is 5.85. The molecule has 0 aromatic heterocycles. The van der Waals surface area contributed by atoms with Crippen LogP contribution < -0.4 is 0 Å². The molecule has 0 heterocycles. The van der Waals surface area contributed by atoms with Crippen molar-refractivity contribution in [3.63, 3.8) is 0 Å². The Morgan fingerprint density at radius 2 is 1.94 bits per heavy atom. The third-order valence-electron chi connectivity index (χ3n) is 2.89. The van der Waals surface area contributed by atoms with Gasteiger partial charge in [-0.15, -0.1) is 0 Å². The van der Waals surface area contributed by atoms with Crippen molar-refractivity contribution in [3.05, 3.63) is 59.7 Å². The fourth-order valence-electron chi connectivity index (χ4n) is 1.74. The Labute approximate surface area is 104 Å². The van der Waals surface area contributed by atoms with Crippen LogP contribution in [0.4, 0.5) is 0 Å². The van der Waals surface area contributed by atoms with Gasteiger partial charge in [-0.25, -0.2) is 0 Å². The minimum Gasteiger partial charge on any atom is -0.193 e. The van der Waals surface area contributed by atoms with Gasteiger partial charge in [0, 0.05) is 11.5 Å². The van der Waals surface area contributed by atoms with E-state index in [1.807, 2.05) is 24.3 Å². The van der Waals surface area contributed by atoms with Gasteiger partial charge in [-0.1, -0.05) is 55.0 Å². The molecule has 1 rings (SSSR count). The van der Waals surface area contributed by atoms with E-state index in [-0.39, 0.29) is 5.41 Å². The Bertz CT molecular complexity index is 444. The van der Waals surface area contributed by atoms with Gasteiger partial charge in [-0.2, -0.15) is 5.26 Å². The first-order valence-electron chi connectivity index (χ1n) is 5.85. The van der Waals surface area contributed by atoms with Gasteiger partial charge < -0.3 is 0 Å². The monoisotopic (exact) mass is 225 g/mol. The predicted octanol–water partition coefficient (Wildman–Crippen LogP) is 4.38. The van der Waals surface area contributed by atoms with E-state index in [1.165, 1.54) is 11.1 Å². The van der Waals surface area contributed by atoms with Gasteiger partial charge >= 0.3 is 0 Å². The Balaban J connectivity index is 3.07. The first kappa shape index (κ1) is 13.3. The van der Waals surface area contributed by atoms with E-state index < -0.39 is 0 Å². The van der Waals surface area contributed by atoms with Crippen molar-refractivity contribution in [2.75, 3.05) is 0 Å². The third-order valence-corrected chi connectivity index (χ3v) is 2.89. The molecular weight excluding hydrogens is 206 g/mol. The molecule has 0 aliphatic heterocycles. The zero-order chi connectivity index (χ0) is 12.7. The van der Waals surface area contributed by atoms with Crippen molar-refractivity contribution in [2.24, 2.45) is 0 Å². The largest absolute Gasteiger partial charge is 0.193 e. The summed E-state index contributed by atoms with van der Waals surface area (Å²) in [7, 11) is 0. The van der Waals surface area contributed by atoms with Crippen molar-refractivity contribution in [1.29, 1.82) is 5.26 Å². The van der Waals surface area contributed by atoms with Crippen molar-refractivity contribution < 1.29 is 0 Å². The summed E-state index contributed by atoms with van der Waals surface area (Å²) >= 11 is 0. The van der Waals surface area contributed by atoms with Crippen LogP contribution in [0, 0.1) is 11.3 Å². The summed E-state index contributed by atoms with van der Waals surface area (Å²) in [4.78, 5) is 0. The summed E-state index contributed by atoms with van der Waals surface area (Å²) in [5, 5.41) is 8.70. The Morgan fingerprint density at radius 1 is 1.29 bits per heavy atom. The Morgan fingerprint density at radius 3 is 2.47 bits per heavy atom. The second-order valence-corrected chi connectivity index (χ2v) is 4.73. The lowest BCUT2D eigenvalue weighted by atomic mass is 9.79. The lowest BCUT2D eigenvalue weighted by Gasteiger charge is -2.25. The van der Waals surface area contributed by atoms with Crippen molar-refractivity contribution >= 4 is 0 Å². The average molecular weight is 225 g/mol. The van der Waals surface area contributed by atoms with Crippen LogP contribution in [0.25, 0.3) is 0 Å². The van der Waals surface area contributed by atoms with E-state index in [2.05, 4.69) is 45.0 Å². The van der Waals surface area contributed by atoms with Gasteiger partial charge in [0.25, 0.3) is 0 Å². The molecule has 1 atom stereocenters. The highest BCUT2D eigenvalue weighted by Crippen LogP contribution is 2.30. The molecule has 0 aliphatic rings. The summed E-state index contributed by atoms with van der Waals surface area (Å²) in [5.41, 5.74) is 2.44. The highest BCUT2D eigenvalue weighted by Gasteiger charge is 2.21. The number of hydrogen-bond acceptors (Lipinski definition) is 1. The fourth-order valence-corrected chi connectivity index (χ4v) is 1.74. The number of nitriles is 1. The first-order chi connectivity index (χ1) is 8.08.